The van der Waals surface area contributed by atoms with Gasteiger partial charge in [0, 0.05) is 6.42 Å². The zero-order chi connectivity index (χ0) is 51.3. The van der Waals surface area contributed by atoms with Gasteiger partial charge in [0.15, 0.2) is 18.9 Å². The predicted molar refractivity (Wildman–Crippen MR) is 259 cm³/mol. The number of rotatable bonds is 36. The summed E-state index contributed by atoms with van der Waals surface area (Å²) in [6, 6.07) is -0.988. The molecule has 408 valence electrons. The quantitative estimate of drug-likeness (QED) is 0.0316. The molecule has 12 N–H and O–H groups in total. The minimum atomic E-state index is -1.98. The van der Waals surface area contributed by atoms with Crippen LogP contribution in [-0.2, 0) is 33.2 Å². The van der Waals surface area contributed by atoms with Gasteiger partial charge in [-0.25, -0.2) is 0 Å². The van der Waals surface area contributed by atoms with Crippen molar-refractivity contribution in [1.29, 1.82) is 0 Å². The van der Waals surface area contributed by atoms with E-state index in [0.717, 1.165) is 38.5 Å². The summed E-state index contributed by atoms with van der Waals surface area (Å²) in [6.07, 6.45) is 8.45. The Morgan fingerprint density at radius 1 is 0.500 bits per heavy atom. The van der Waals surface area contributed by atoms with Gasteiger partial charge in [-0.15, -0.1) is 0 Å². The van der Waals surface area contributed by atoms with Crippen LogP contribution in [0, 0.1) is 0 Å². The van der Waals surface area contributed by atoms with E-state index < -0.39 is 124 Å². The average molecular weight is 1010 g/mol. The van der Waals surface area contributed by atoms with Crippen molar-refractivity contribution in [2.75, 3.05) is 26.4 Å². The molecule has 19 nitrogen and oxygen atoms in total. The van der Waals surface area contributed by atoms with E-state index in [9.17, 15) is 61.0 Å². The first-order chi connectivity index (χ1) is 33.8. The van der Waals surface area contributed by atoms with Crippen LogP contribution in [0.4, 0.5) is 0 Å². The third-order valence-electron chi connectivity index (χ3n) is 13.2. The molecule has 3 aliphatic rings. The third kappa shape index (κ3) is 21.5. The predicted octanol–water partition coefficient (Wildman–Crippen LogP) is 2.20. The molecule has 19 heteroatoms. The molecule has 0 aromatic rings. The molecule has 0 saturated carbocycles. The Balaban J connectivity index is 1.46. The lowest BCUT2D eigenvalue weighted by atomic mass is 9.96. The molecule has 0 bridgehead atoms. The Hall–Kier alpha value is -1.99. The molecule has 3 aliphatic heterocycles. The van der Waals surface area contributed by atoms with Gasteiger partial charge in [0.05, 0.1) is 38.6 Å². The number of carbonyl (C=O) groups excluding carboxylic acids is 1. The highest BCUT2D eigenvalue weighted by atomic mass is 16.8. The number of carbonyl (C=O) groups is 1. The van der Waals surface area contributed by atoms with E-state index in [1.807, 2.05) is 13.0 Å². The Morgan fingerprint density at radius 3 is 1.43 bits per heavy atom. The van der Waals surface area contributed by atoms with E-state index in [0.29, 0.717) is 12.8 Å². The highest BCUT2D eigenvalue weighted by molar-refractivity contribution is 5.76. The van der Waals surface area contributed by atoms with Gasteiger partial charge in [-0.1, -0.05) is 134 Å². The summed E-state index contributed by atoms with van der Waals surface area (Å²) in [7, 11) is 0. The number of unbranched alkanes of at least 4 members (excludes halogenated alkanes) is 16. The average Bonchev–Trinajstić information content (AvgIpc) is 3.35. The Bertz CT molecular complexity index is 1440. The molecule has 17 atom stereocenters. The molecule has 3 saturated heterocycles. The minimum Gasteiger partial charge on any atom is -0.394 e. The Labute approximate surface area is 415 Å². The van der Waals surface area contributed by atoms with Gasteiger partial charge < -0.3 is 89.9 Å². The van der Waals surface area contributed by atoms with Crippen LogP contribution in [0.15, 0.2) is 36.5 Å². The van der Waals surface area contributed by atoms with Crippen molar-refractivity contribution in [3.05, 3.63) is 36.5 Å². The fourth-order valence-electron chi connectivity index (χ4n) is 8.75. The molecule has 3 rings (SSSR count). The molecule has 70 heavy (non-hydrogen) atoms. The first-order valence-electron chi connectivity index (χ1n) is 26.2. The Morgan fingerprint density at radius 2 is 0.914 bits per heavy atom. The number of allylic oxidation sites excluding steroid dienone is 5. The van der Waals surface area contributed by atoms with Gasteiger partial charge in [-0.2, -0.15) is 0 Å². The highest BCUT2D eigenvalue weighted by Crippen LogP contribution is 2.33. The van der Waals surface area contributed by atoms with Crippen molar-refractivity contribution >= 4 is 5.91 Å². The molecule has 1 amide bonds. The number of amides is 1. The summed E-state index contributed by atoms with van der Waals surface area (Å²) >= 11 is 0. The highest BCUT2D eigenvalue weighted by Gasteiger charge is 2.53. The molecular weight excluding hydrogens is 915 g/mol. The largest absolute Gasteiger partial charge is 0.394 e. The van der Waals surface area contributed by atoms with Crippen LogP contribution >= 0.6 is 0 Å². The zero-order valence-electron chi connectivity index (χ0n) is 41.7. The van der Waals surface area contributed by atoms with Crippen molar-refractivity contribution in [3.63, 3.8) is 0 Å². The molecular formula is C51H91NO18. The van der Waals surface area contributed by atoms with Crippen LogP contribution in [0.2, 0.25) is 0 Å². The second kappa shape index (κ2) is 36.0. The Kier molecular flexibility index (Phi) is 32.1. The SMILES string of the molecule is CCCCCCCCCCCCCC/C=C/CC/C=C/CC/C=C/C(O)C(COC1OC(CO)C(OC2OC(CO)C(OC3OC(CO)C(O)C(O)C3O)C(O)C2O)C(O)C1O)NC(=O)CCCCC. The van der Waals surface area contributed by atoms with Gasteiger partial charge >= 0.3 is 0 Å². The molecule has 0 aromatic heterocycles. The van der Waals surface area contributed by atoms with Gasteiger partial charge in [0.25, 0.3) is 0 Å². The van der Waals surface area contributed by atoms with E-state index >= 15 is 0 Å². The van der Waals surface area contributed by atoms with E-state index in [1.54, 1.807) is 6.08 Å². The van der Waals surface area contributed by atoms with Crippen LogP contribution in [0.3, 0.4) is 0 Å². The van der Waals surface area contributed by atoms with Crippen LogP contribution in [0.1, 0.15) is 149 Å². The van der Waals surface area contributed by atoms with Crippen molar-refractivity contribution in [2.45, 2.75) is 253 Å². The zero-order valence-corrected chi connectivity index (χ0v) is 41.7. The van der Waals surface area contributed by atoms with E-state index in [4.69, 9.17) is 28.4 Å². The summed E-state index contributed by atoms with van der Waals surface area (Å²) in [6.45, 7) is 1.47. The van der Waals surface area contributed by atoms with Crippen molar-refractivity contribution in [3.8, 4) is 0 Å². The maximum atomic E-state index is 12.9. The summed E-state index contributed by atoms with van der Waals surface area (Å²) in [5.74, 6) is -0.317. The van der Waals surface area contributed by atoms with Crippen molar-refractivity contribution in [1.82, 2.24) is 5.32 Å². The van der Waals surface area contributed by atoms with E-state index in [-0.39, 0.29) is 18.9 Å². The van der Waals surface area contributed by atoms with Crippen molar-refractivity contribution < 1.29 is 89.4 Å². The molecule has 17 unspecified atom stereocenters. The van der Waals surface area contributed by atoms with Gasteiger partial charge in [0.1, 0.15) is 73.2 Å². The first kappa shape index (κ1) is 62.3. The molecule has 0 aromatic carbocycles. The molecule has 0 aliphatic carbocycles. The van der Waals surface area contributed by atoms with Gasteiger partial charge in [0.2, 0.25) is 5.91 Å². The lowest BCUT2D eigenvalue weighted by molar-refractivity contribution is -0.379. The monoisotopic (exact) mass is 1010 g/mol. The summed E-state index contributed by atoms with van der Waals surface area (Å²) in [5, 5.41) is 119. The topological polar surface area (TPSA) is 307 Å². The summed E-state index contributed by atoms with van der Waals surface area (Å²) < 4.78 is 33.9. The van der Waals surface area contributed by atoms with Crippen LogP contribution in [-0.4, -0.2) is 193 Å². The second-order valence-corrected chi connectivity index (χ2v) is 19.0. The van der Waals surface area contributed by atoms with Gasteiger partial charge in [-0.05, 0) is 44.9 Å². The fraction of sp³-hybridized carbons (Fsp3) is 0.863. The molecule has 0 spiro atoms. The molecule has 0 radical (unpaired) electrons. The number of ether oxygens (including phenoxy) is 6. The lowest BCUT2D eigenvalue weighted by Gasteiger charge is -2.48. The standard InChI is InChI=1S/C51H91NO18/c1-3-5-7-8-9-10-11-12-13-14-15-16-17-18-19-20-21-22-23-24-25-27-28-35(56)34(52-39(57)29-26-6-4-2)33-65-49-45(63)42(60)47(37(31-54)67-49)70-51-46(64)43(61)48(38(32-55)68-51)69-50-44(62)41(59)40(58)36(30-53)66-50/h18-19,22-23,27-28,34-38,40-51,53-56,58-64H,3-17,20-21,24-26,29-33H2,1-2H3,(H,52,57)/b19-18+,23-22+,28-27+. The fourth-order valence-corrected chi connectivity index (χ4v) is 8.75. The maximum absolute atomic E-state index is 12.9. The number of aliphatic hydroxyl groups excluding tert-OH is 11. The first-order valence-corrected chi connectivity index (χ1v) is 26.2. The lowest BCUT2D eigenvalue weighted by Crippen LogP contribution is -2.66. The normalized spacial score (nSPS) is 32.8. The summed E-state index contributed by atoms with van der Waals surface area (Å²) in [4.78, 5) is 12.9. The molecule has 3 heterocycles. The van der Waals surface area contributed by atoms with Gasteiger partial charge in [-0.3, -0.25) is 4.79 Å². The van der Waals surface area contributed by atoms with Crippen LogP contribution in [0.5, 0.6) is 0 Å². The van der Waals surface area contributed by atoms with Crippen molar-refractivity contribution in [2.24, 2.45) is 0 Å². The van der Waals surface area contributed by atoms with E-state index in [2.05, 4.69) is 36.5 Å². The van der Waals surface area contributed by atoms with Crippen LogP contribution < -0.4 is 5.32 Å². The summed E-state index contributed by atoms with van der Waals surface area (Å²) in [5.41, 5.74) is 0. The smallest absolute Gasteiger partial charge is 0.220 e. The second-order valence-electron chi connectivity index (χ2n) is 19.0. The third-order valence-corrected chi connectivity index (χ3v) is 13.2. The number of hydrogen-bond acceptors (Lipinski definition) is 18. The maximum Gasteiger partial charge on any atom is 0.220 e. The minimum absolute atomic E-state index is 0.217. The number of nitrogens with one attached hydrogen (secondary N) is 1. The number of aliphatic hydroxyl groups is 11. The van der Waals surface area contributed by atoms with Crippen LogP contribution in [0.25, 0.3) is 0 Å². The van der Waals surface area contributed by atoms with E-state index in [1.165, 1.54) is 77.0 Å². The number of hydrogen-bond donors (Lipinski definition) is 12. The molecule has 3 fully saturated rings.